The van der Waals surface area contributed by atoms with Crippen molar-refractivity contribution < 1.29 is 13.6 Å². The first-order valence-electron chi connectivity index (χ1n) is 10.8. The summed E-state index contributed by atoms with van der Waals surface area (Å²) >= 11 is 0. The minimum Gasteiger partial charge on any atom is -0.467 e. The lowest BCUT2D eigenvalue weighted by atomic mass is 9.96. The van der Waals surface area contributed by atoms with Crippen molar-refractivity contribution in [3.63, 3.8) is 0 Å². The van der Waals surface area contributed by atoms with Gasteiger partial charge in [0.25, 0.3) is 0 Å². The fraction of sp³-hybridized carbons (Fsp3) is 0.292. The number of benzene rings is 1. The maximum absolute atomic E-state index is 13.3. The molecule has 0 bridgehead atoms. The molecular formula is C24H24FN5O2. The van der Waals surface area contributed by atoms with Crippen molar-refractivity contribution in [2.45, 2.75) is 26.3 Å². The van der Waals surface area contributed by atoms with Crippen LogP contribution in [0.5, 0.6) is 0 Å². The first-order valence-corrected chi connectivity index (χ1v) is 10.8. The molecule has 1 saturated heterocycles. The third-order valence-electron chi connectivity index (χ3n) is 5.88. The standard InChI is InChI=1S/C24H24FN5O2/c1-16-13-23(30-22(27-16)14-21(28-30)17-4-6-19(25)7-5-17)29-10-8-18(9-11-29)24(31)26-15-20-3-2-12-32-20/h2-7,12-14,18H,8-11,15H2,1H3,(H,26,31). The van der Waals surface area contributed by atoms with E-state index in [1.165, 1.54) is 12.1 Å². The monoisotopic (exact) mass is 433 g/mol. The van der Waals surface area contributed by atoms with Gasteiger partial charge in [0.2, 0.25) is 5.91 Å². The summed E-state index contributed by atoms with van der Waals surface area (Å²) in [6.07, 6.45) is 3.13. The Kier molecular flexibility index (Phi) is 5.34. The highest BCUT2D eigenvalue weighted by molar-refractivity contribution is 5.79. The second-order valence-electron chi connectivity index (χ2n) is 8.12. The Hall–Kier alpha value is -3.68. The number of nitrogens with zero attached hydrogens (tertiary/aromatic N) is 4. The van der Waals surface area contributed by atoms with E-state index in [4.69, 9.17) is 9.52 Å². The van der Waals surface area contributed by atoms with E-state index < -0.39 is 0 Å². The first kappa shape index (κ1) is 20.2. The third kappa shape index (κ3) is 4.08. The lowest BCUT2D eigenvalue weighted by molar-refractivity contribution is -0.125. The minimum absolute atomic E-state index is 0.0213. The zero-order valence-corrected chi connectivity index (χ0v) is 17.8. The number of rotatable bonds is 5. The fourth-order valence-electron chi connectivity index (χ4n) is 4.17. The van der Waals surface area contributed by atoms with Crippen LogP contribution in [0.3, 0.4) is 0 Å². The van der Waals surface area contributed by atoms with Crippen LogP contribution in [0.2, 0.25) is 0 Å². The number of furan rings is 1. The number of amides is 1. The Morgan fingerprint density at radius 2 is 1.97 bits per heavy atom. The summed E-state index contributed by atoms with van der Waals surface area (Å²) < 4.78 is 20.4. The Labute approximate surface area is 184 Å². The van der Waals surface area contributed by atoms with E-state index in [9.17, 15) is 9.18 Å². The average Bonchev–Trinajstić information content (AvgIpc) is 3.47. The highest BCUT2D eigenvalue weighted by Crippen LogP contribution is 2.27. The van der Waals surface area contributed by atoms with E-state index in [0.717, 1.165) is 60.1 Å². The van der Waals surface area contributed by atoms with Crippen LogP contribution in [0.25, 0.3) is 16.9 Å². The van der Waals surface area contributed by atoms with Crippen molar-refractivity contribution >= 4 is 17.4 Å². The normalized spacial score (nSPS) is 14.8. The van der Waals surface area contributed by atoms with Gasteiger partial charge in [0.05, 0.1) is 18.5 Å². The molecule has 0 radical (unpaired) electrons. The Morgan fingerprint density at radius 1 is 1.19 bits per heavy atom. The van der Waals surface area contributed by atoms with Gasteiger partial charge in [0.1, 0.15) is 17.4 Å². The summed E-state index contributed by atoms with van der Waals surface area (Å²) in [7, 11) is 0. The van der Waals surface area contributed by atoms with E-state index in [1.54, 1.807) is 18.4 Å². The van der Waals surface area contributed by atoms with Crippen LogP contribution < -0.4 is 10.2 Å². The molecule has 3 aromatic heterocycles. The molecule has 5 rings (SSSR count). The molecule has 0 atom stereocenters. The number of piperidine rings is 1. The number of hydrogen-bond donors (Lipinski definition) is 1. The lowest BCUT2D eigenvalue weighted by Gasteiger charge is -2.33. The predicted octanol–water partition coefficient (Wildman–Crippen LogP) is 3.97. The summed E-state index contributed by atoms with van der Waals surface area (Å²) in [6, 6.07) is 13.9. The van der Waals surface area contributed by atoms with Crippen molar-refractivity contribution in [1.29, 1.82) is 0 Å². The van der Waals surface area contributed by atoms with Gasteiger partial charge >= 0.3 is 0 Å². The summed E-state index contributed by atoms with van der Waals surface area (Å²) in [5.74, 6) is 1.47. The number of aromatic nitrogens is 3. The number of anilines is 1. The van der Waals surface area contributed by atoms with Crippen molar-refractivity contribution in [2.75, 3.05) is 18.0 Å². The maximum Gasteiger partial charge on any atom is 0.223 e. The van der Waals surface area contributed by atoms with Crippen LogP contribution in [0.15, 0.2) is 59.2 Å². The molecule has 1 amide bonds. The number of fused-ring (bicyclic) bond motifs is 1. The van der Waals surface area contributed by atoms with Crippen LogP contribution in [-0.2, 0) is 11.3 Å². The predicted molar refractivity (Wildman–Crippen MR) is 119 cm³/mol. The Balaban J connectivity index is 1.31. The van der Waals surface area contributed by atoms with Crippen molar-refractivity contribution in [3.8, 4) is 11.3 Å². The molecule has 164 valence electrons. The van der Waals surface area contributed by atoms with Crippen molar-refractivity contribution in [1.82, 2.24) is 19.9 Å². The van der Waals surface area contributed by atoms with Crippen LogP contribution in [0.1, 0.15) is 24.3 Å². The Morgan fingerprint density at radius 3 is 2.69 bits per heavy atom. The van der Waals surface area contributed by atoms with E-state index in [1.807, 2.05) is 35.7 Å². The second-order valence-corrected chi connectivity index (χ2v) is 8.12. The van der Waals surface area contributed by atoms with Gasteiger partial charge in [-0.3, -0.25) is 4.79 Å². The third-order valence-corrected chi connectivity index (χ3v) is 5.88. The van der Waals surface area contributed by atoms with E-state index in [2.05, 4.69) is 15.2 Å². The fourth-order valence-corrected chi connectivity index (χ4v) is 4.17. The van der Waals surface area contributed by atoms with Crippen molar-refractivity contribution in [2.24, 2.45) is 5.92 Å². The summed E-state index contributed by atoms with van der Waals surface area (Å²) in [6.45, 7) is 3.88. The molecular weight excluding hydrogens is 409 g/mol. The number of halogens is 1. The van der Waals surface area contributed by atoms with Gasteiger partial charge < -0.3 is 14.6 Å². The molecule has 1 aliphatic heterocycles. The van der Waals surface area contributed by atoms with Crippen LogP contribution in [-0.4, -0.2) is 33.6 Å². The Bertz CT molecular complexity index is 1230. The number of hydrogen-bond acceptors (Lipinski definition) is 5. The van der Waals surface area contributed by atoms with Crippen LogP contribution in [0.4, 0.5) is 10.2 Å². The molecule has 1 fully saturated rings. The molecule has 1 aromatic carbocycles. The molecule has 32 heavy (non-hydrogen) atoms. The highest BCUT2D eigenvalue weighted by atomic mass is 19.1. The zero-order valence-electron chi connectivity index (χ0n) is 17.8. The van der Waals surface area contributed by atoms with Gasteiger partial charge in [-0.15, -0.1) is 0 Å². The maximum atomic E-state index is 13.3. The van der Waals surface area contributed by atoms with Crippen LogP contribution in [0, 0.1) is 18.7 Å². The van der Waals surface area contributed by atoms with Gasteiger partial charge in [-0.1, -0.05) is 0 Å². The number of carbonyl (C=O) groups is 1. The molecule has 0 unspecified atom stereocenters. The smallest absolute Gasteiger partial charge is 0.223 e. The lowest BCUT2D eigenvalue weighted by Crippen LogP contribution is -2.41. The number of nitrogens with one attached hydrogen (secondary N) is 1. The van der Waals surface area contributed by atoms with E-state index in [-0.39, 0.29) is 17.6 Å². The van der Waals surface area contributed by atoms with Gasteiger partial charge in [-0.25, -0.2) is 9.37 Å². The molecule has 8 heteroatoms. The molecule has 1 aliphatic rings. The van der Waals surface area contributed by atoms with Gasteiger partial charge in [-0.05, 0) is 56.2 Å². The topological polar surface area (TPSA) is 75.7 Å². The zero-order chi connectivity index (χ0) is 22.1. The summed E-state index contributed by atoms with van der Waals surface area (Å²) in [5, 5.41) is 7.71. The molecule has 1 N–H and O–H groups in total. The van der Waals surface area contributed by atoms with Gasteiger partial charge in [-0.2, -0.15) is 9.61 Å². The molecule has 4 heterocycles. The van der Waals surface area contributed by atoms with Gasteiger partial charge in [0, 0.05) is 42.4 Å². The summed E-state index contributed by atoms with van der Waals surface area (Å²) in [4.78, 5) is 19.4. The van der Waals surface area contributed by atoms with E-state index >= 15 is 0 Å². The number of carbonyl (C=O) groups excluding carboxylic acids is 1. The molecule has 7 nitrogen and oxygen atoms in total. The first-order chi connectivity index (χ1) is 15.6. The molecule has 4 aromatic rings. The van der Waals surface area contributed by atoms with Crippen molar-refractivity contribution in [3.05, 3.63) is 72.1 Å². The second kappa shape index (κ2) is 8.45. The summed E-state index contributed by atoms with van der Waals surface area (Å²) in [5.41, 5.74) is 3.23. The number of aryl methyl sites for hydroxylation is 1. The van der Waals surface area contributed by atoms with E-state index in [0.29, 0.717) is 6.54 Å². The largest absolute Gasteiger partial charge is 0.467 e. The SMILES string of the molecule is Cc1cc(N2CCC(C(=O)NCc3ccco3)CC2)n2nc(-c3ccc(F)cc3)cc2n1. The van der Waals surface area contributed by atoms with Crippen LogP contribution >= 0.6 is 0 Å². The quantitative estimate of drug-likeness (QED) is 0.516. The van der Waals surface area contributed by atoms with Gasteiger partial charge in [0.15, 0.2) is 5.65 Å². The molecule has 0 spiro atoms. The highest BCUT2D eigenvalue weighted by Gasteiger charge is 2.26. The average molecular weight is 433 g/mol. The molecule has 0 aliphatic carbocycles. The molecule has 0 saturated carbocycles. The minimum atomic E-state index is -0.275.